The highest BCUT2D eigenvalue weighted by Gasteiger charge is 2.47. The molecule has 2 aliphatic heterocycles. The fourth-order valence-corrected chi connectivity index (χ4v) is 11.5. The second kappa shape index (κ2) is 10.3. The van der Waals surface area contributed by atoms with E-state index in [1.807, 2.05) is 35.5 Å². The van der Waals surface area contributed by atoms with Crippen LogP contribution in [0.2, 0.25) is 16.6 Å². The van der Waals surface area contributed by atoms with Crippen LogP contribution in [0.3, 0.4) is 0 Å². The molecule has 3 heterocycles. The molecule has 0 aliphatic carbocycles. The van der Waals surface area contributed by atoms with Crippen LogP contribution in [0.1, 0.15) is 75.9 Å². The molecule has 0 radical (unpaired) electrons. The van der Waals surface area contributed by atoms with Crippen molar-refractivity contribution in [3.63, 3.8) is 0 Å². The summed E-state index contributed by atoms with van der Waals surface area (Å²) in [6.45, 7) is 13.7. The van der Waals surface area contributed by atoms with Crippen LogP contribution in [0.15, 0.2) is 36.7 Å². The first kappa shape index (κ1) is 26.3. The molecule has 2 aromatic rings. The fourth-order valence-electron chi connectivity index (χ4n) is 6.28. The fraction of sp³-hybridized carbons (Fsp3) is 0.517. The Balaban J connectivity index is 1.69. The third kappa shape index (κ3) is 4.54. The first-order chi connectivity index (χ1) is 17.1. The smallest absolute Gasteiger partial charge is 0.258 e. The van der Waals surface area contributed by atoms with Crippen molar-refractivity contribution in [1.29, 1.82) is 0 Å². The number of carbonyl (C=O) groups is 1. The topological polar surface area (TPSA) is 60.9 Å². The van der Waals surface area contributed by atoms with Crippen molar-refractivity contribution in [2.24, 2.45) is 0 Å². The number of nitrogens with zero attached hydrogens (tertiary/aromatic N) is 2. The summed E-state index contributed by atoms with van der Waals surface area (Å²) in [6, 6.07) is 7.98. The minimum atomic E-state index is -2.17. The number of aromatic nitrogens is 1. The third-order valence-electron chi connectivity index (χ3n) is 8.06. The molecule has 1 amide bonds. The minimum Gasteiger partial charge on any atom is -0.540 e. The van der Waals surface area contributed by atoms with Gasteiger partial charge in [-0.25, -0.2) is 4.98 Å². The molecule has 0 N–H and O–H groups in total. The van der Waals surface area contributed by atoms with E-state index >= 15 is 0 Å². The molecule has 4 rings (SSSR count). The molecule has 1 aromatic heterocycles. The molecule has 1 aromatic carbocycles. The molecule has 0 unspecified atom stereocenters. The van der Waals surface area contributed by atoms with Gasteiger partial charge in [0.2, 0.25) is 5.88 Å². The molecule has 0 saturated carbocycles. The number of hydrogen-bond donors (Lipinski definition) is 0. The highest BCUT2D eigenvalue weighted by atomic mass is 28.4. The van der Waals surface area contributed by atoms with E-state index in [-0.39, 0.29) is 11.9 Å². The van der Waals surface area contributed by atoms with Gasteiger partial charge in [0.05, 0.1) is 14.2 Å². The summed E-state index contributed by atoms with van der Waals surface area (Å²) in [6.07, 6.45) is 6.35. The number of benzene rings is 1. The number of ether oxygens (including phenoxy) is 2. The Hall–Kier alpha value is -2.80. The van der Waals surface area contributed by atoms with Crippen molar-refractivity contribution in [1.82, 2.24) is 9.88 Å². The van der Waals surface area contributed by atoms with Gasteiger partial charge < -0.3 is 18.8 Å². The number of methoxy groups -OCH3 is 2. The maximum absolute atomic E-state index is 13.7. The van der Waals surface area contributed by atoms with E-state index in [1.54, 1.807) is 14.2 Å². The van der Waals surface area contributed by atoms with Crippen molar-refractivity contribution in [3.05, 3.63) is 53.4 Å². The Morgan fingerprint density at radius 1 is 0.972 bits per heavy atom. The Morgan fingerprint density at radius 2 is 1.67 bits per heavy atom. The van der Waals surface area contributed by atoms with Gasteiger partial charge in [0.25, 0.3) is 14.2 Å². The zero-order valence-electron chi connectivity index (χ0n) is 22.9. The van der Waals surface area contributed by atoms with Crippen LogP contribution in [-0.4, -0.2) is 44.4 Å². The van der Waals surface area contributed by atoms with E-state index in [0.717, 1.165) is 41.7 Å². The summed E-state index contributed by atoms with van der Waals surface area (Å²) in [7, 11) is 1.10. The normalized spacial score (nSPS) is 17.8. The van der Waals surface area contributed by atoms with Gasteiger partial charge in [-0.1, -0.05) is 41.5 Å². The number of hydrogen-bond acceptors (Lipinski definition) is 5. The Labute approximate surface area is 216 Å². The number of aryl methyl sites for hydroxylation is 1. The zero-order chi connectivity index (χ0) is 26.2. The molecule has 194 valence electrons. The predicted octanol–water partition coefficient (Wildman–Crippen LogP) is 6.85. The number of rotatable bonds is 8. The molecule has 0 bridgehead atoms. The van der Waals surface area contributed by atoms with E-state index in [0.29, 0.717) is 33.8 Å². The molecular weight excluding hydrogens is 468 g/mol. The average Bonchev–Trinajstić information content (AvgIpc) is 3.24. The van der Waals surface area contributed by atoms with E-state index in [4.69, 9.17) is 13.9 Å². The molecule has 2 aliphatic rings. The third-order valence-corrected chi connectivity index (χ3v) is 14.0. The average molecular weight is 509 g/mol. The maximum Gasteiger partial charge on any atom is 0.258 e. The summed E-state index contributed by atoms with van der Waals surface area (Å²) >= 11 is 0. The first-order valence-corrected chi connectivity index (χ1v) is 15.2. The number of fused-ring (bicyclic) bond motifs is 2. The largest absolute Gasteiger partial charge is 0.540 e. The zero-order valence-corrected chi connectivity index (χ0v) is 23.9. The van der Waals surface area contributed by atoms with Crippen LogP contribution in [0.4, 0.5) is 0 Å². The summed E-state index contributed by atoms with van der Waals surface area (Å²) in [5.41, 5.74) is 5.25. The van der Waals surface area contributed by atoms with Gasteiger partial charge in [0, 0.05) is 30.1 Å². The van der Waals surface area contributed by atoms with Crippen LogP contribution >= 0.6 is 0 Å². The summed E-state index contributed by atoms with van der Waals surface area (Å²) < 4.78 is 18.0. The lowest BCUT2D eigenvalue weighted by molar-refractivity contribution is 0.0788. The van der Waals surface area contributed by atoms with Crippen molar-refractivity contribution in [3.8, 4) is 17.4 Å². The number of pyridine rings is 1. The maximum atomic E-state index is 13.7. The van der Waals surface area contributed by atoms with Crippen molar-refractivity contribution in [2.45, 2.75) is 83.5 Å². The second-order valence-corrected chi connectivity index (χ2v) is 16.3. The Kier molecular flexibility index (Phi) is 7.50. The lowest BCUT2D eigenvalue weighted by atomic mass is 9.98. The van der Waals surface area contributed by atoms with E-state index < -0.39 is 8.32 Å². The molecular formula is C29H40N2O4Si. The van der Waals surface area contributed by atoms with Gasteiger partial charge in [-0.05, 0) is 70.8 Å². The van der Waals surface area contributed by atoms with Crippen LogP contribution in [0.5, 0.6) is 17.4 Å². The molecule has 0 fully saturated rings. The summed E-state index contributed by atoms with van der Waals surface area (Å²) in [5, 5.41) is 0. The molecule has 1 atom stereocenters. The van der Waals surface area contributed by atoms with Gasteiger partial charge in [-0.15, -0.1) is 0 Å². The lowest BCUT2D eigenvalue weighted by Gasteiger charge is -2.42. The standard InChI is InChI=1S/C29H40N2O4Si/c1-18(2)36(19(3)4,20(5)6)35-27-14-21-9-11-24-13-23(22-10-12-28(34-8)30-16-22)17-31(24)29(32)25(21)15-26(27)33-7/h10,12,14-20,24H,9,11,13H2,1-8H3/t24-/m1/s1. The number of carbonyl (C=O) groups excluding carboxylic acids is 1. The van der Waals surface area contributed by atoms with Gasteiger partial charge in [-0.2, -0.15) is 0 Å². The van der Waals surface area contributed by atoms with Crippen molar-refractivity contribution < 1.29 is 18.7 Å². The summed E-state index contributed by atoms with van der Waals surface area (Å²) in [4.78, 5) is 20.0. The van der Waals surface area contributed by atoms with Crippen LogP contribution < -0.4 is 13.9 Å². The molecule has 36 heavy (non-hydrogen) atoms. The van der Waals surface area contributed by atoms with Crippen LogP contribution in [-0.2, 0) is 6.42 Å². The van der Waals surface area contributed by atoms with Crippen molar-refractivity contribution >= 4 is 19.8 Å². The van der Waals surface area contributed by atoms with E-state index in [2.05, 4.69) is 52.6 Å². The van der Waals surface area contributed by atoms with E-state index in [9.17, 15) is 4.79 Å². The summed E-state index contributed by atoms with van der Waals surface area (Å²) in [5.74, 6) is 2.03. The monoisotopic (exact) mass is 508 g/mol. The quantitative estimate of drug-likeness (QED) is 0.365. The van der Waals surface area contributed by atoms with Gasteiger partial charge in [-0.3, -0.25) is 4.79 Å². The number of amides is 1. The highest BCUT2D eigenvalue weighted by molar-refractivity contribution is 6.78. The van der Waals surface area contributed by atoms with E-state index in [1.165, 1.54) is 0 Å². The van der Waals surface area contributed by atoms with Crippen molar-refractivity contribution in [2.75, 3.05) is 14.2 Å². The van der Waals surface area contributed by atoms with Gasteiger partial charge in [0.1, 0.15) is 5.75 Å². The first-order valence-electron chi connectivity index (χ1n) is 13.1. The molecule has 0 saturated heterocycles. The minimum absolute atomic E-state index is 0.0221. The van der Waals surface area contributed by atoms with Crippen LogP contribution in [0.25, 0.3) is 5.57 Å². The van der Waals surface area contributed by atoms with Gasteiger partial charge >= 0.3 is 0 Å². The SMILES string of the molecule is COc1ccc(C2=CN3C(=O)c4cc(OC)c(O[Si](C(C)C)(C(C)C)C(C)C)cc4CC[C@@H]3C2)cn1. The Morgan fingerprint density at radius 3 is 2.22 bits per heavy atom. The predicted molar refractivity (Wildman–Crippen MR) is 146 cm³/mol. The second-order valence-electron chi connectivity index (χ2n) is 10.9. The molecule has 0 spiro atoms. The van der Waals surface area contributed by atoms with Gasteiger partial charge in [0.15, 0.2) is 5.75 Å². The highest BCUT2D eigenvalue weighted by Crippen LogP contribution is 2.46. The lowest BCUT2D eigenvalue weighted by Crippen LogP contribution is -2.50. The Bertz CT molecular complexity index is 1120. The molecule has 6 nitrogen and oxygen atoms in total. The van der Waals surface area contributed by atoms with Crippen LogP contribution in [0, 0.1) is 0 Å². The molecule has 7 heteroatoms.